The van der Waals surface area contributed by atoms with E-state index in [0.717, 1.165) is 12.1 Å². The van der Waals surface area contributed by atoms with Gasteiger partial charge in [0.1, 0.15) is 5.82 Å². The molecule has 2 nitrogen and oxygen atoms in total. The van der Waals surface area contributed by atoms with Gasteiger partial charge in [0.2, 0.25) is 0 Å². The average Bonchev–Trinajstić information content (AvgIpc) is 2.34. The zero-order valence-electron chi connectivity index (χ0n) is 10.3. The zero-order chi connectivity index (χ0) is 14.5. The standard InChI is InChI=1S/C13H14F4N2/c1-2-3-6-19-12(8-18)10-5-4-9(14)7-11(10)13(15,16)17/h4-5,7,12,19H,6,8,18H2,1H3. The van der Waals surface area contributed by atoms with Crippen molar-refractivity contribution in [1.29, 1.82) is 0 Å². The molecule has 19 heavy (non-hydrogen) atoms. The van der Waals surface area contributed by atoms with Gasteiger partial charge in [0.15, 0.2) is 0 Å². The summed E-state index contributed by atoms with van der Waals surface area (Å²) in [6.07, 6.45) is -4.62. The van der Waals surface area contributed by atoms with E-state index in [0.29, 0.717) is 6.07 Å². The number of nitrogens with one attached hydrogen (secondary N) is 1. The van der Waals surface area contributed by atoms with Crippen LogP contribution in [0, 0.1) is 17.7 Å². The lowest BCUT2D eigenvalue weighted by atomic mass is 9.99. The second-order valence-corrected chi connectivity index (χ2v) is 3.83. The van der Waals surface area contributed by atoms with Crippen molar-refractivity contribution in [3.63, 3.8) is 0 Å². The number of hydrogen-bond donors (Lipinski definition) is 2. The van der Waals surface area contributed by atoms with Crippen LogP contribution in [0.1, 0.15) is 24.1 Å². The van der Waals surface area contributed by atoms with Crippen LogP contribution >= 0.6 is 0 Å². The second-order valence-electron chi connectivity index (χ2n) is 3.83. The fourth-order valence-corrected chi connectivity index (χ4v) is 1.66. The first-order chi connectivity index (χ1) is 8.90. The first kappa shape index (κ1) is 15.5. The molecule has 0 fully saturated rings. The topological polar surface area (TPSA) is 38.0 Å². The zero-order valence-corrected chi connectivity index (χ0v) is 10.3. The SMILES string of the molecule is CC#CCNC(CN)c1ccc(F)cc1C(F)(F)F. The molecule has 0 spiro atoms. The Hall–Kier alpha value is -1.58. The Morgan fingerprint density at radius 1 is 1.37 bits per heavy atom. The molecule has 0 aliphatic rings. The molecule has 1 rings (SSSR count). The molecule has 0 radical (unpaired) electrons. The highest BCUT2D eigenvalue weighted by atomic mass is 19.4. The number of hydrogen-bond acceptors (Lipinski definition) is 2. The highest BCUT2D eigenvalue weighted by Gasteiger charge is 2.35. The minimum atomic E-state index is -4.62. The average molecular weight is 274 g/mol. The number of alkyl halides is 3. The molecule has 1 aromatic rings. The van der Waals surface area contributed by atoms with Gasteiger partial charge >= 0.3 is 6.18 Å². The van der Waals surface area contributed by atoms with Crippen LogP contribution in [-0.2, 0) is 6.18 Å². The van der Waals surface area contributed by atoms with E-state index in [9.17, 15) is 17.6 Å². The molecule has 3 N–H and O–H groups in total. The molecule has 0 aliphatic carbocycles. The van der Waals surface area contributed by atoms with Crippen molar-refractivity contribution in [2.75, 3.05) is 13.1 Å². The molecule has 0 saturated heterocycles. The molecule has 0 saturated carbocycles. The summed E-state index contributed by atoms with van der Waals surface area (Å²) in [6.45, 7) is 1.80. The normalized spacial score (nSPS) is 12.7. The van der Waals surface area contributed by atoms with Crippen LogP contribution in [0.2, 0.25) is 0 Å². The van der Waals surface area contributed by atoms with Gasteiger partial charge in [0.05, 0.1) is 12.1 Å². The van der Waals surface area contributed by atoms with E-state index < -0.39 is 23.6 Å². The number of nitrogens with two attached hydrogens (primary N) is 1. The van der Waals surface area contributed by atoms with Crippen LogP contribution in [0.25, 0.3) is 0 Å². The molecule has 1 aromatic carbocycles. The molecular formula is C13H14F4N2. The van der Waals surface area contributed by atoms with Gasteiger partial charge in [-0.05, 0) is 24.6 Å². The van der Waals surface area contributed by atoms with Crippen molar-refractivity contribution in [1.82, 2.24) is 5.32 Å². The lowest BCUT2D eigenvalue weighted by Gasteiger charge is -2.20. The van der Waals surface area contributed by atoms with Crippen molar-refractivity contribution in [3.8, 4) is 11.8 Å². The molecule has 104 valence electrons. The van der Waals surface area contributed by atoms with Crippen molar-refractivity contribution >= 4 is 0 Å². The maximum absolute atomic E-state index is 13.0. The monoisotopic (exact) mass is 274 g/mol. The predicted octanol–water partition coefficient (Wildman–Crippen LogP) is 2.46. The molecule has 0 amide bonds. The Bertz CT molecular complexity index is 486. The van der Waals surface area contributed by atoms with Crippen molar-refractivity contribution in [3.05, 3.63) is 35.1 Å². The number of rotatable bonds is 4. The van der Waals surface area contributed by atoms with Crippen LogP contribution in [0.4, 0.5) is 17.6 Å². The van der Waals surface area contributed by atoms with Crippen molar-refractivity contribution in [2.24, 2.45) is 5.73 Å². The maximum Gasteiger partial charge on any atom is 0.416 e. The van der Waals surface area contributed by atoms with Gasteiger partial charge in [-0.1, -0.05) is 12.0 Å². The molecule has 0 bridgehead atoms. The van der Waals surface area contributed by atoms with Crippen molar-refractivity contribution in [2.45, 2.75) is 19.1 Å². The molecule has 0 aliphatic heterocycles. The minimum absolute atomic E-state index is 0.0416. The van der Waals surface area contributed by atoms with E-state index in [2.05, 4.69) is 17.2 Å². The van der Waals surface area contributed by atoms with Gasteiger partial charge in [-0.3, -0.25) is 5.32 Å². The van der Waals surface area contributed by atoms with E-state index in [-0.39, 0.29) is 18.7 Å². The van der Waals surface area contributed by atoms with Gasteiger partial charge < -0.3 is 5.73 Å². The predicted molar refractivity (Wildman–Crippen MR) is 64.7 cm³/mol. The lowest BCUT2D eigenvalue weighted by molar-refractivity contribution is -0.138. The fourth-order valence-electron chi connectivity index (χ4n) is 1.66. The van der Waals surface area contributed by atoms with Crippen LogP contribution in [0.15, 0.2) is 18.2 Å². The van der Waals surface area contributed by atoms with E-state index in [1.54, 1.807) is 6.92 Å². The van der Waals surface area contributed by atoms with Crippen LogP contribution in [0.3, 0.4) is 0 Å². The first-order valence-electron chi connectivity index (χ1n) is 5.59. The summed E-state index contributed by atoms with van der Waals surface area (Å²) in [7, 11) is 0. The summed E-state index contributed by atoms with van der Waals surface area (Å²) < 4.78 is 51.5. The molecule has 6 heteroatoms. The lowest BCUT2D eigenvalue weighted by Crippen LogP contribution is -2.30. The third-order valence-corrected chi connectivity index (χ3v) is 2.55. The smallest absolute Gasteiger partial charge is 0.329 e. The van der Waals surface area contributed by atoms with Crippen molar-refractivity contribution < 1.29 is 17.6 Å². The highest BCUT2D eigenvalue weighted by Crippen LogP contribution is 2.34. The summed E-state index contributed by atoms with van der Waals surface area (Å²) in [6, 6.07) is 1.84. The summed E-state index contributed by atoms with van der Waals surface area (Å²) in [5.74, 6) is 4.37. The number of halogens is 4. The molecule has 0 aromatic heterocycles. The summed E-state index contributed by atoms with van der Waals surface area (Å²) >= 11 is 0. The van der Waals surface area contributed by atoms with Gasteiger partial charge in [-0.2, -0.15) is 13.2 Å². The van der Waals surface area contributed by atoms with Crippen LogP contribution in [0.5, 0.6) is 0 Å². The molecular weight excluding hydrogens is 260 g/mol. The molecule has 1 unspecified atom stereocenters. The summed E-state index contributed by atoms with van der Waals surface area (Å²) in [4.78, 5) is 0. The largest absolute Gasteiger partial charge is 0.416 e. The van der Waals surface area contributed by atoms with Crippen LogP contribution in [-0.4, -0.2) is 13.1 Å². The quantitative estimate of drug-likeness (QED) is 0.654. The van der Waals surface area contributed by atoms with Crippen LogP contribution < -0.4 is 11.1 Å². The van der Waals surface area contributed by atoms with Gasteiger partial charge in [0, 0.05) is 12.6 Å². The van der Waals surface area contributed by atoms with E-state index in [1.807, 2.05) is 0 Å². The molecule has 1 atom stereocenters. The van der Waals surface area contributed by atoms with Gasteiger partial charge in [-0.15, -0.1) is 5.92 Å². The Balaban J connectivity index is 3.11. The summed E-state index contributed by atoms with van der Waals surface area (Å²) in [5.41, 5.74) is 4.38. The fraction of sp³-hybridized carbons (Fsp3) is 0.385. The van der Waals surface area contributed by atoms with E-state index in [4.69, 9.17) is 5.73 Å². The highest BCUT2D eigenvalue weighted by molar-refractivity contribution is 5.33. The maximum atomic E-state index is 13.0. The Labute approximate surface area is 109 Å². The van der Waals surface area contributed by atoms with Gasteiger partial charge in [0.25, 0.3) is 0 Å². The Morgan fingerprint density at radius 3 is 2.58 bits per heavy atom. The Morgan fingerprint density at radius 2 is 2.05 bits per heavy atom. The molecule has 0 heterocycles. The first-order valence-corrected chi connectivity index (χ1v) is 5.59. The van der Waals surface area contributed by atoms with E-state index in [1.165, 1.54) is 0 Å². The number of benzene rings is 1. The second kappa shape index (κ2) is 6.55. The third kappa shape index (κ3) is 4.23. The van der Waals surface area contributed by atoms with E-state index >= 15 is 0 Å². The minimum Gasteiger partial charge on any atom is -0.329 e. The van der Waals surface area contributed by atoms with Gasteiger partial charge in [-0.25, -0.2) is 4.39 Å². The third-order valence-electron chi connectivity index (χ3n) is 2.55. The summed E-state index contributed by atoms with van der Waals surface area (Å²) in [5, 5.41) is 2.80. The Kier molecular flexibility index (Phi) is 5.33.